The van der Waals surface area contributed by atoms with E-state index in [1.165, 1.54) is 10.4 Å². The number of carbonyl (C=O) groups excluding carboxylic acids is 1. The van der Waals surface area contributed by atoms with Gasteiger partial charge in [-0.3, -0.25) is 4.79 Å². The first-order valence-electron chi connectivity index (χ1n) is 4.51. The molecule has 0 aromatic carbocycles. The minimum absolute atomic E-state index is 0.0211. The molecule has 0 bridgehead atoms. The Hall–Kier alpha value is -0.540. The van der Waals surface area contributed by atoms with Crippen LogP contribution in [0.5, 0.6) is 0 Å². The van der Waals surface area contributed by atoms with Gasteiger partial charge in [-0.2, -0.15) is 0 Å². The van der Waals surface area contributed by atoms with E-state index >= 15 is 0 Å². The predicted molar refractivity (Wildman–Crippen MR) is 60.8 cm³/mol. The fourth-order valence-electron chi connectivity index (χ4n) is 0.997. The summed E-state index contributed by atoms with van der Waals surface area (Å²) in [5.41, 5.74) is 1.23. The second-order valence-corrected chi connectivity index (χ2v) is 4.61. The molecule has 4 heteroatoms. The lowest BCUT2D eigenvalue weighted by molar-refractivity contribution is -0.124. The van der Waals surface area contributed by atoms with Crippen molar-refractivity contribution >= 4 is 28.8 Å². The largest absolute Gasteiger partial charge is 0.351 e. The quantitative estimate of drug-likeness (QED) is 0.793. The maximum Gasteiger partial charge on any atom is 0.224 e. The van der Waals surface area contributed by atoms with Gasteiger partial charge in [-0.25, -0.2) is 0 Å². The van der Waals surface area contributed by atoms with Gasteiger partial charge < -0.3 is 5.32 Å². The van der Waals surface area contributed by atoms with Crippen molar-refractivity contribution in [3.63, 3.8) is 0 Å². The second kappa shape index (κ2) is 5.37. The molecule has 2 nitrogen and oxygen atoms in total. The van der Waals surface area contributed by atoms with Gasteiger partial charge in [0.15, 0.2) is 0 Å². The molecule has 1 amide bonds. The molecule has 1 aromatic heterocycles. The Labute approximate surface area is 93.3 Å². The zero-order valence-corrected chi connectivity index (χ0v) is 9.91. The van der Waals surface area contributed by atoms with Crippen molar-refractivity contribution in [2.45, 2.75) is 20.4 Å². The molecule has 0 aliphatic rings. The van der Waals surface area contributed by atoms with E-state index in [9.17, 15) is 4.79 Å². The van der Waals surface area contributed by atoms with E-state index in [1.807, 2.05) is 19.2 Å². The lowest BCUT2D eigenvalue weighted by Crippen LogP contribution is -2.29. The van der Waals surface area contributed by atoms with Gasteiger partial charge in [-0.05, 0) is 23.9 Å². The number of carbonyl (C=O) groups is 1. The third-order valence-electron chi connectivity index (χ3n) is 2.07. The van der Waals surface area contributed by atoms with Gasteiger partial charge in [-0.1, -0.05) is 6.92 Å². The van der Waals surface area contributed by atoms with Crippen molar-refractivity contribution in [3.8, 4) is 0 Å². The predicted octanol–water partition coefficient (Wildman–Crippen LogP) is 2.55. The van der Waals surface area contributed by atoms with Crippen LogP contribution < -0.4 is 5.32 Å². The molecule has 0 saturated heterocycles. The third kappa shape index (κ3) is 3.00. The molecule has 1 rings (SSSR count). The van der Waals surface area contributed by atoms with Crippen LogP contribution in [0.4, 0.5) is 0 Å². The third-order valence-corrected chi connectivity index (χ3v) is 3.56. The Morgan fingerprint density at radius 1 is 1.71 bits per heavy atom. The van der Waals surface area contributed by atoms with E-state index in [-0.39, 0.29) is 11.8 Å². The number of rotatable bonds is 4. The fourth-order valence-corrected chi connectivity index (χ4v) is 1.98. The maximum absolute atomic E-state index is 11.4. The lowest BCUT2D eigenvalue weighted by atomic mass is 10.2. The lowest BCUT2D eigenvalue weighted by Gasteiger charge is -2.08. The first-order valence-corrected chi connectivity index (χ1v) is 5.93. The van der Waals surface area contributed by atoms with Gasteiger partial charge in [0.2, 0.25) is 5.91 Å². The molecule has 1 N–H and O–H groups in total. The minimum atomic E-state index is -0.114. The van der Waals surface area contributed by atoms with Gasteiger partial charge in [0.1, 0.15) is 0 Å². The molecule has 1 heterocycles. The molecular formula is C10H14ClNOS. The summed E-state index contributed by atoms with van der Waals surface area (Å²) < 4.78 is 0. The molecule has 0 radical (unpaired) electrons. The number of hydrogen-bond donors (Lipinski definition) is 1. The highest BCUT2D eigenvalue weighted by atomic mass is 35.5. The molecule has 0 saturated carbocycles. The molecule has 78 valence electrons. The summed E-state index contributed by atoms with van der Waals surface area (Å²) in [6, 6.07) is 2.05. The number of thiophene rings is 1. The normalized spacial score (nSPS) is 12.5. The minimum Gasteiger partial charge on any atom is -0.351 e. The average molecular weight is 232 g/mol. The molecule has 1 unspecified atom stereocenters. The first-order chi connectivity index (χ1) is 6.65. The van der Waals surface area contributed by atoms with Gasteiger partial charge in [0.05, 0.1) is 6.54 Å². The molecule has 0 aliphatic heterocycles. The molecule has 1 aromatic rings. The summed E-state index contributed by atoms with van der Waals surface area (Å²) in [6.45, 7) is 4.48. The molecular weight excluding hydrogens is 218 g/mol. The van der Waals surface area contributed by atoms with Crippen LogP contribution in [-0.2, 0) is 11.3 Å². The van der Waals surface area contributed by atoms with Crippen LogP contribution in [0.1, 0.15) is 17.4 Å². The van der Waals surface area contributed by atoms with E-state index in [0.29, 0.717) is 12.4 Å². The van der Waals surface area contributed by atoms with E-state index in [4.69, 9.17) is 11.6 Å². The van der Waals surface area contributed by atoms with Crippen LogP contribution in [0, 0.1) is 12.8 Å². The van der Waals surface area contributed by atoms with Gasteiger partial charge in [0.25, 0.3) is 0 Å². The van der Waals surface area contributed by atoms with E-state index < -0.39 is 0 Å². The Bertz CT molecular complexity index is 311. The highest BCUT2D eigenvalue weighted by molar-refractivity contribution is 7.10. The first kappa shape index (κ1) is 11.5. The summed E-state index contributed by atoms with van der Waals surface area (Å²) in [5, 5.41) is 4.89. The number of aryl methyl sites for hydroxylation is 1. The number of nitrogens with one attached hydrogen (secondary N) is 1. The SMILES string of the molecule is Cc1ccsc1CNC(=O)C(C)CCl. The Balaban J connectivity index is 2.41. The molecule has 1 atom stereocenters. The summed E-state index contributed by atoms with van der Waals surface area (Å²) in [5.74, 6) is 0.277. The summed E-state index contributed by atoms with van der Waals surface area (Å²) in [4.78, 5) is 12.6. The fraction of sp³-hybridized carbons (Fsp3) is 0.500. The summed E-state index contributed by atoms with van der Waals surface area (Å²) >= 11 is 7.24. The van der Waals surface area contributed by atoms with Gasteiger partial charge in [0, 0.05) is 16.7 Å². The number of hydrogen-bond acceptors (Lipinski definition) is 2. The zero-order chi connectivity index (χ0) is 10.6. The van der Waals surface area contributed by atoms with E-state index in [0.717, 1.165) is 0 Å². The van der Waals surface area contributed by atoms with Crippen molar-refractivity contribution in [3.05, 3.63) is 21.9 Å². The van der Waals surface area contributed by atoms with Crippen molar-refractivity contribution < 1.29 is 4.79 Å². The van der Waals surface area contributed by atoms with E-state index in [1.54, 1.807) is 11.3 Å². The monoisotopic (exact) mass is 231 g/mol. The zero-order valence-electron chi connectivity index (χ0n) is 8.34. The Morgan fingerprint density at radius 2 is 2.43 bits per heavy atom. The topological polar surface area (TPSA) is 29.1 Å². The Kier molecular flexibility index (Phi) is 4.42. The van der Waals surface area contributed by atoms with Crippen molar-refractivity contribution in [1.82, 2.24) is 5.32 Å². The van der Waals surface area contributed by atoms with Crippen LogP contribution >= 0.6 is 22.9 Å². The number of halogens is 1. The molecule has 0 fully saturated rings. The van der Waals surface area contributed by atoms with Crippen molar-refractivity contribution in [1.29, 1.82) is 0 Å². The molecule has 14 heavy (non-hydrogen) atoms. The summed E-state index contributed by atoms with van der Waals surface area (Å²) in [6.07, 6.45) is 0. The van der Waals surface area contributed by atoms with Crippen LogP contribution in [0.25, 0.3) is 0 Å². The van der Waals surface area contributed by atoms with Gasteiger partial charge in [-0.15, -0.1) is 22.9 Å². The maximum atomic E-state index is 11.4. The van der Waals surface area contributed by atoms with Crippen LogP contribution in [0.15, 0.2) is 11.4 Å². The number of amides is 1. The van der Waals surface area contributed by atoms with E-state index in [2.05, 4.69) is 11.4 Å². The Morgan fingerprint density at radius 3 is 2.93 bits per heavy atom. The molecule has 0 aliphatic carbocycles. The summed E-state index contributed by atoms with van der Waals surface area (Å²) in [7, 11) is 0. The number of alkyl halides is 1. The van der Waals surface area contributed by atoms with Gasteiger partial charge >= 0.3 is 0 Å². The van der Waals surface area contributed by atoms with Crippen molar-refractivity contribution in [2.24, 2.45) is 5.92 Å². The molecule has 0 spiro atoms. The average Bonchev–Trinajstić information content (AvgIpc) is 2.59. The van der Waals surface area contributed by atoms with Crippen LogP contribution in [0.3, 0.4) is 0 Å². The smallest absolute Gasteiger partial charge is 0.224 e. The highest BCUT2D eigenvalue weighted by Gasteiger charge is 2.11. The van der Waals surface area contributed by atoms with Crippen LogP contribution in [0.2, 0.25) is 0 Å². The second-order valence-electron chi connectivity index (χ2n) is 3.30. The standard InChI is InChI=1S/C10H14ClNOS/c1-7-3-4-14-9(7)6-12-10(13)8(2)5-11/h3-4,8H,5-6H2,1-2H3,(H,12,13). The van der Waals surface area contributed by atoms with Crippen molar-refractivity contribution in [2.75, 3.05) is 5.88 Å². The highest BCUT2D eigenvalue weighted by Crippen LogP contribution is 2.15. The van der Waals surface area contributed by atoms with Crippen LogP contribution in [-0.4, -0.2) is 11.8 Å².